The van der Waals surface area contributed by atoms with Crippen LogP contribution >= 0.6 is 11.6 Å². The topological polar surface area (TPSA) is 52.9 Å². The molecule has 1 saturated heterocycles. The number of carbonyl (C=O) groups excluding carboxylic acids is 1. The highest BCUT2D eigenvalue weighted by Crippen LogP contribution is 2.22. The number of hydrogen-bond donors (Lipinski definition) is 1. The highest BCUT2D eigenvalue weighted by atomic mass is 35.5. The predicted octanol–water partition coefficient (Wildman–Crippen LogP) is 3.35. The zero-order valence-electron chi connectivity index (χ0n) is 11.8. The quantitative estimate of drug-likeness (QED) is 0.672. The number of aryl methyl sites for hydroxylation is 1. The van der Waals surface area contributed by atoms with E-state index >= 15 is 0 Å². The van der Waals surface area contributed by atoms with Crippen molar-refractivity contribution in [2.75, 3.05) is 13.1 Å². The Balaban J connectivity index is 2.20. The fraction of sp³-hybridized carbons (Fsp3) is 0.467. The average Bonchev–Trinajstić information content (AvgIpc) is 2.48. The number of oxime groups is 1. The Kier molecular flexibility index (Phi) is 4.65. The second kappa shape index (κ2) is 6.27. The van der Waals surface area contributed by atoms with Crippen LogP contribution in [0.1, 0.15) is 35.7 Å². The molecular formula is C15H19ClN2O2. The van der Waals surface area contributed by atoms with Gasteiger partial charge in [-0.25, -0.2) is 0 Å². The third kappa shape index (κ3) is 2.96. The monoisotopic (exact) mass is 294 g/mol. The van der Waals surface area contributed by atoms with E-state index in [-0.39, 0.29) is 11.8 Å². The van der Waals surface area contributed by atoms with Crippen LogP contribution in [0.5, 0.6) is 0 Å². The lowest BCUT2D eigenvalue weighted by Crippen LogP contribution is -2.44. The van der Waals surface area contributed by atoms with E-state index in [4.69, 9.17) is 16.8 Å². The van der Waals surface area contributed by atoms with Crippen molar-refractivity contribution in [2.45, 2.75) is 26.7 Å². The third-order valence-electron chi connectivity index (χ3n) is 3.89. The standard InChI is InChI=1S/C15H19ClN2O2/c1-3-11-9-18(7-6-14(11)17-20)15(19)13-8-12(16)5-4-10(13)2/h4-5,8,11,20H,3,6-7,9H2,1-2H3/b17-14+. The number of likely N-dealkylation sites (tertiary alicyclic amines) is 1. The number of benzene rings is 1. The van der Waals surface area contributed by atoms with Crippen LogP contribution in [-0.4, -0.2) is 34.8 Å². The first-order valence-electron chi connectivity index (χ1n) is 6.83. The van der Waals surface area contributed by atoms with Crippen molar-refractivity contribution in [1.29, 1.82) is 0 Å². The van der Waals surface area contributed by atoms with Gasteiger partial charge in [0.15, 0.2) is 0 Å². The van der Waals surface area contributed by atoms with Gasteiger partial charge in [0.1, 0.15) is 0 Å². The summed E-state index contributed by atoms with van der Waals surface area (Å²) in [5, 5.41) is 12.9. The Morgan fingerprint density at radius 1 is 1.55 bits per heavy atom. The maximum absolute atomic E-state index is 12.6. The SMILES string of the molecule is CCC1CN(C(=O)c2cc(Cl)ccc2C)CC/C1=N\O. The smallest absolute Gasteiger partial charge is 0.254 e. The van der Waals surface area contributed by atoms with Gasteiger partial charge in [0.05, 0.1) is 5.71 Å². The number of halogens is 1. The number of piperidine rings is 1. The van der Waals surface area contributed by atoms with Crippen molar-refractivity contribution >= 4 is 23.2 Å². The lowest BCUT2D eigenvalue weighted by molar-refractivity contribution is 0.0728. The maximum Gasteiger partial charge on any atom is 0.254 e. The zero-order chi connectivity index (χ0) is 14.7. The van der Waals surface area contributed by atoms with Gasteiger partial charge in [0.25, 0.3) is 5.91 Å². The molecule has 1 amide bonds. The van der Waals surface area contributed by atoms with E-state index in [0.29, 0.717) is 30.1 Å². The summed E-state index contributed by atoms with van der Waals surface area (Å²) in [4.78, 5) is 14.4. The molecule has 1 aromatic carbocycles. The fourth-order valence-electron chi connectivity index (χ4n) is 2.59. The summed E-state index contributed by atoms with van der Waals surface area (Å²) >= 11 is 5.98. The molecule has 0 saturated carbocycles. The Bertz CT molecular complexity index is 543. The first-order chi connectivity index (χ1) is 9.56. The number of amides is 1. The Labute approximate surface area is 124 Å². The summed E-state index contributed by atoms with van der Waals surface area (Å²) in [5.41, 5.74) is 2.37. The molecule has 0 spiro atoms. The molecule has 2 rings (SSSR count). The summed E-state index contributed by atoms with van der Waals surface area (Å²) in [7, 11) is 0. The molecule has 20 heavy (non-hydrogen) atoms. The van der Waals surface area contributed by atoms with E-state index in [1.165, 1.54) is 0 Å². The molecule has 108 valence electrons. The summed E-state index contributed by atoms with van der Waals surface area (Å²) in [6.07, 6.45) is 1.48. The minimum Gasteiger partial charge on any atom is -0.411 e. The molecule has 0 aliphatic carbocycles. The molecule has 1 N–H and O–H groups in total. The fourth-order valence-corrected chi connectivity index (χ4v) is 2.76. The highest BCUT2D eigenvalue weighted by Gasteiger charge is 2.28. The zero-order valence-corrected chi connectivity index (χ0v) is 12.5. The van der Waals surface area contributed by atoms with Gasteiger partial charge in [-0.2, -0.15) is 0 Å². The second-order valence-electron chi connectivity index (χ2n) is 5.16. The minimum absolute atomic E-state index is 0.000407. The normalized spacial score (nSPS) is 21.2. The van der Waals surface area contributed by atoms with Gasteiger partial charge in [-0.3, -0.25) is 4.79 Å². The molecule has 1 heterocycles. The average molecular weight is 295 g/mol. The Morgan fingerprint density at radius 2 is 2.30 bits per heavy atom. The van der Waals surface area contributed by atoms with Gasteiger partial charge in [-0.1, -0.05) is 29.7 Å². The Hall–Kier alpha value is -1.55. The van der Waals surface area contributed by atoms with Crippen LogP contribution in [0.3, 0.4) is 0 Å². The van der Waals surface area contributed by atoms with Crippen molar-refractivity contribution in [3.05, 3.63) is 34.3 Å². The van der Waals surface area contributed by atoms with Gasteiger partial charge < -0.3 is 10.1 Å². The lowest BCUT2D eigenvalue weighted by Gasteiger charge is -2.33. The van der Waals surface area contributed by atoms with Crippen LogP contribution in [0, 0.1) is 12.8 Å². The molecule has 0 aromatic heterocycles. The maximum atomic E-state index is 12.6. The van der Waals surface area contributed by atoms with Crippen LogP contribution in [0.2, 0.25) is 5.02 Å². The molecule has 1 aliphatic rings. The molecule has 5 heteroatoms. The van der Waals surface area contributed by atoms with E-state index in [0.717, 1.165) is 17.7 Å². The molecular weight excluding hydrogens is 276 g/mol. The van der Waals surface area contributed by atoms with E-state index in [9.17, 15) is 4.79 Å². The second-order valence-corrected chi connectivity index (χ2v) is 5.59. The van der Waals surface area contributed by atoms with Crippen LogP contribution in [0.25, 0.3) is 0 Å². The van der Waals surface area contributed by atoms with E-state index in [1.54, 1.807) is 12.1 Å². The van der Waals surface area contributed by atoms with E-state index < -0.39 is 0 Å². The molecule has 1 unspecified atom stereocenters. The summed E-state index contributed by atoms with van der Waals surface area (Å²) < 4.78 is 0. The predicted molar refractivity (Wildman–Crippen MR) is 79.7 cm³/mol. The van der Waals surface area contributed by atoms with Crippen molar-refractivity contribution in [3.8, 4) is 0 Å². The number of carbonyl (C=O) groups is 1. The third-order valence-corrected chi connectivity index (χ3v) is 4.12. The van der Waals surface area contributed by atoms with Crippen molar-refractivity contribution in [2.24, 2.45) is 11.1 Å². The van der Waals surface area contributed by atoms with E-state index in [1.807, 2.05) is 24.8 Å². The van der Waals surface area contributed by atoms with Crippen LogP contribution in [0.4, 0.5) is 0 Å². The lowest BCUT2D eigenvalue weighted by atomic mass is 9.92. The highest BCUT2D eigenvalue weighted by molar-refractivity contribution is 6.31. The van der Waals surface area contributed by atoms with Crippen LogP contribution in [-0.2, 0) is 0 Å². The van der Waals surface area contributed by atoms with Crippen molar-refractivity contribution in [3.63, 3.8) is 0 Å². The Morgan fingerprint density at radius 3 is 2.95 bits per heavy atom. The number of nitrogens with zero attached hydrogens (tertiary/aromatic N) is 2. The van der Waals surface area contributed by atoms with E-state index in [2.05, 4.69) is 5.16 Å². The molecule has 4 nitrogen and oxygen atoms in total. The minimum atomic E-state index is 0.000407. The molecule has 1 aromatic rings. The summed E-state index contributed by atoms with van der Waals surface area (Å²) in [6, 6.07) is 5.36. The van der Waals surface area contributed by atoms with Gasteiger partial charge in [0.2, 0.25) is 0 Å². The van der Waals surface area contributed by atoms with Gasteiger partial charge in [0, 0.05) is 36.0 Å². The molecule has 1 atom stereocenters. The first-order valence-corrected chi connectivity index (χ1v) is 7.20. The molecule has 0 radical (unpaired) electrons. The summed E-state index contributed by atoms with van der Waals surface area (Å²) in [6.45, 7) is 5.13. The molecule has 0 bridgehead atoms. The molecule has 1 aliphatic heterocycles. The van der Waals surface area contributed by atoms with Crippen molar-refractivity contribution < 1.29 is 10.0 Å². The summed E-state index contributed by atoms with van der Waals surface area (Å²) in [5.74, 6) is 0.137. The van der Waals surface area contributed by atoms with Gasteiger partial charge in [-0.05, 0) is 31.0 Å². The first kappa shape index (κ1) is 14.9. The van der Waals surface area contributed by atoms with Crippen molar-refractivity contribution in [1.82, 2.24) is 4.90 Å². The van der Waals surface area contributed by atoms with Gasteiger partial charge >= 0.3 is 0 Å². The largest absolute Gasteiger partial charge is 0.411 e. The molecule has 1 fully saturated rings. The number of hydrogen-bond acceptors (Lipinski definition) is 3. The van der Waals surface area contributed by atoms with Gasteiger partial charge in [-0.15, -0.1) is 0 Å². The van der Waals surface area contributed by atoms with Crippen LogP contribution in [0.15, 0.2) is 23.4 Å². The number of rotatable bonds is 2. The van der Waals surface area contributed by atoms with Crippen LogP contribution < -0.4 is 0 Å².